The van der Waals surface area contributed by atoms with E-state index in [1.165, 1.54) is 17.3 Å². The third kappa shape index (κ3) is 1.67. The molecule has 0 bridgehead atoms. The van der Waals surface area contributed by atoms with Crippen LogP contribution in [0.2, 0.25) is 0 Å². The normalized spacial score (nSPS) is 18.6. The Morgan fingerprint density at radius 3 is 2.82 bits per heavy atom. The molecule has 0 saturated carbocycles. The van der Waals surface area contributed by atoms with Gasteiger partial charge >= 0.3 is 0 Å². The molecule has 0 fully saturated rings. The maximum atomic E-state index is 10.8. The van der Waals surface area contributed by atoms with Gasteiger partial charge in [0.1, 0.15) is 0 Å². The van der Waals surface area contributed by atoms with E-state index in [0.29, 0.717) is 12.0 Å². The van der Waals surface area contributed by atoms with Crippen LogP contribution in [0.4, 0.5) is 0 Å². The second kappa shape index (κ2) is 3.01. The molecule has 1 aliphatic heterocycles. The summed E-state index contributed by atoms with van der Waals surface area (Å²) in [6.45, 7) is 0. The Balaban J connectivity index is 2.72. The Labute approximate surface area is 64.2 Å². The molecule has 0 aromatic carbocycles. The van der Waals surface area contributed by atoms with Gasteiger partial charge in [-0.25, -0.2) is 0 Å². The van der Waals surface area contributed by atoms with Gasteiger partial charge in [0.15, 0.2) is 0 Å². The summed E-state index contributed by atoms with van der Waals surface area (Å²) in [5.41, 5.74) is 0.486. The second-order valence-electron chi connectivity index (χ2n) is 2.16. The predicted octanol–water partition coefficient (Wildman–Crippen LogP) is -0.398. The van der Waals surface area contributed by atoms with Crippen LogP contribution >= 0.6 is 0 Å². The molecule has 1 N–H and O–H groups in total. The maximum Gasteiger partial charge on any atom is 0.256 e. The molecule has 4 heteroatoms. The zero-order valence-corrected chi connectivity index (χ0v) is 6.07. The first-order valence-electron chi connectivity index (χ1n) is 3.10. The van der Waals surface area contributed by atoms with E-state index in [4.69, 9.17) is 0 Å². The summed E-state index contributed by atoms with van der Waals surface area (Å²) >= 11 is 0. The number of amides is 2. The smallest absolute Gasteiger partial charge is 0.256 e. The lowest BCUT2D eigenvalue weighted by Crippen LogP contribution is -2.15. The molecular weight excluding hydrogens is 144 g/mol. The van der Waals surface area contributed by atoms with Crippen LogP contribution in [0.3, 0.4) is 0 Å². The summed E-state index contributed by atoms with van der Waals surface area (Å²) in [6, 6.07) is 0. The molecule has 0 aromatic heterocycles. The van der Waals surface area contributed by atoms with Crippen molar-refractivity contribution in [2.75, 3.05) is 7.05 Å². The molecule has 1 aliphatic rings. The van der Waals surface area contributed by atoms with Crippen molar-refractivity contribution in [1.82, 2.24) is 10.2 Å². The van der Waals surface area contributed by atoms with Gasteiger partial charge in [-0.1, -0.05) is 0 Å². The number of carbonyl (C=O) groups is 2. The van der Waals surface area contributed by atoms with Crippen LogP contribution in [0.5, 0.6) is 0 Å². The molecule has 0 spiro atoms. The van der Waals surface area contributed by atoms with Crippen molar-refractivity contribution in [3.05, 3.63) is 24.0 Å². The third-order valence-electron chi connectivity index (χ3n) is 1.25. The Morgan fingerprint density at radius 1 is 1.64 bits per heavy atom. The van der Waals surface area contributed by atoms with Crippen LogP contribution in [-0.4, -0.2) is 24.3 Å². The lowest BCUT2D eigenvalue weighted by Gasteiger charge is -2.02. The first-order valence-corrected chi connectivity index (χ1v) is 3.10. The van der Waals surface area contributed by atoms with Gasteiger partial charge < -0.3 is 10.2 Å². The van der Waals surface area contributed by atoms with Crippen LogP contribution in [-0.2, 0) is 9.59 Å². The van der Waals surface area contributed by atoms with Gasteiger partial charge in [0.2, 0.25) is 6.41 Å². The summed E-state index contributed by atoms with van der Waals surface area (Å²) in [6.07, 6.45) is 5.24. The first-order chi connectivity index (χ1) is 5.24. The molecule has 4 nitrogen and oxygen atoms in total. The molecule has 11 heavy (non-hydrogen) atoms. The van der Waals surface area contributed by atoms with Crippen LogP contribution in [0.1, 0.15) is 0 Å². The standard InChI is InChI=1S/C7H8N2O2/c1-9(5-10)4-6-2-3-8-7(6)11/h2-5H,1H3,(H,8,11)/b6-4-. The van der Waals surface area contributed by atoms with Crippen molar-refractivity contribution < 1.29 is 9.59 Å². The van der Waals surface area contributed by atoms with E-state index >= 15 is 0 Å². The van der Waals surface area contributed by atoms with E-state index in [1.807, 2.05) is 0 Å². The fourth-order valence-corrected chi connectivity index (χ4v) is 0.718. The van der Waals surface area contributed by atoms with Gasteiger partial charge in [-0.05, 0) is 6.08 Å². The Morgan fingerprint density at radius 2 is 2.36 bits per heavy atom. The van der Waals surface area contributed by atoms with Gasteiger partial charge in [0.25, 0.3) is 5.91 Å². The summed E-state index contributed by atoms with van der Waals surface area (Å²) in [7, 11) is 1.57. The fourth-order valence-electron chi connectivity index (χ4n) is 0.718. The summed E-state index contributed by atoms with van der Waals surface area (Å²) < 4.78 is 0. The van der Waals surface area contributed by atoms with E-state index in [2.05, 4.69) is 5.32 Å². The number of nitrogens with one attached hydrogen (secondary N) is 1. The highest BCUT2D eigenvalue weighted by molar-refractivity contribution is 5.99. The van der Waals surface area contributed by atoms with Gasteiger partial charge in [0, 0.05) is 19.4 Å². The second-order valence-corrected chi connectivity index (χ2v) is 2.16. The number of nitrogens with zero attached hydrogens (tertiary/aromatic N) is 1. The molecule has 0 atom stereocenters. The van der Waals surface area contributed by atoms with E-state index in [1.54, 1.807) is 13.1 Å². The van der Waals surface area contributed by atoms with Crippen molar-refractivity contribution in [2.45, 2.75) is 0 Å². The summed E-state index contributed by atoms with van der Waals surface area (Å²) in [4.78, 5) is 22.2. The number of hydrogen-bond acceptors (Lipinski definition) is 2. The average molecular weight is 152 g/mol. The molecule has 0 unspecified atom stereocenters. The predicted molar refractivity (Wildman–Crippen MR) is 39.2 cm³/mol. The minimum atomic E-state index is -0.182. The van der Waals surface area contributed by atoms with Gasteiger partial charge in [-0.15, -0.1) is 0 Å². The van der Waals surface area contributed by atoms with Crippen molar-refractivity contribution in [1.29, 1.82) is 0 Å². The number of rotatable bonds is 2. The van der Waals surface area contributed by atoms with Crippen molar-refractivity contribution in [3.63, 3.8) is 0 Å². The molecule has 0 saturated heterocycles. The molecule has 0 aliphatic carbocycles. The quantitative estimate of drug-likeness (QED) is 0.432. The topological polar surface area (TPSA) is 49.4 Å². The number of hydrogen-bond donors (Lipinski definition) is 1. The van der Waals surface area contributed by atoms with Crippen LogP contribution in [0, 0.1) is 0 Å². The van der Waals surface area contributed by atoms with E-state index in [9.17, 15) is 9.59 Å². The lowest BCUT2D eigenvalue weighted by atomic mass is 10.3. The van der Waals surface area contributed by atoms with E-state index in [0.717, 1.165) is 0 Å². The highest BCUT2D eigenvalue weighted by atomic mass is 16.2. The van der Waals surface area contributed by atoms with Gasteiger partial charge in [-0.2, -0.15) is 0 Å². The minimum Gasteiger partial charge on any atom is -0.329 e. The first kappa shape index (κ1) is 7.53. The molecular formula is C7H8N2O2. The maximum absolute atomic E-state index is 10.8. The Kier molecular flexibility index (Phi) is 2.06. The SMILES string of the molecule is CN(C=O)/C=C1/C=CNC1=O. The van der Waals surface area contributed by atoms with Crippen molar-refractivity contribution >= 4 is 12.3 Å². The third-order valence-corrected chi connectivity index (χ3v) is 1.25. The summed E-state index contributed by atoms with van der Waals surface area (Å²) in [5, 5.41) is 2.47. The molecule has 1 heterocycles. The van der Waals surface area contributed by atoms with Gasteiger partial charge in [0.05, 0.1) is 5.57 Å². The van der Waals surface area contributed by atoms with Crippen molar-refractivity contribution in [3.8, 4) is 0 Å². The zero-order chi connectivity index (χ0) is 8.27. The lowest BCUT2D eigenvalue weighted by molar-refractivity contribution is -0.116. The van der Waals surface area contributed by atoms with Crippen LogP contribution in [0.15, 0.2) is 24.0 Å². The minimum absolute atomic E-state index is 0.182. The molecule has 1 rings (SSSR count). The highest BCUT2D eigenvalue weighted by Gasteiger charge is 2.09. The summed E-state index contributed by atoms with van der Waals surface area (Å²) in [5.74, 6) is -0.182. The Hall–Kier alpha value is -1.58. The highest BCUT2D eigenvalue weighted by Crippen LogP contribution is 2.02. The zero-order valence-electron chi connectivity index (χ0n) is 6.07. The van der Waals surface area contributed by atoms with E-state index in [-0.39, 0.29) is 5.91 Å². The number of carbonyl (C=O) groups excluding carboxylic acids is 2. The molecule has 0 radical (unpaired) electrons. The fraction of sp³-hybridized carbons (Fsp3) is 0.143. The average Bonchev–Trinajstić information content (AvgIpc) is 2.37. The molecule has 2 amide bonds. The molecule has 58 valence electrons. The van der Waals surface area contributed by atoms with Crippen LogP contribution < -0.4 is 5.32 Å². The van der Waals surface area contributed by atoms with Crippen LogP contribution in [0.25, 0.3) is 0 Å². The van der Waals surface area contributed by atoms with Crippen molar-refractivity contribution in [2.24, 2.45) is 0 Å². The Bertz CT molecular complexity index is 243. The largest absolute Gasteiger partial charge is 0.329 e. The monoisotopic (exact) mass is 152 g/mol. The molecule has 0 aromatic rings. The van der Waals surface area contributed by atoms with E-state index < -0.39 is 0 Å². The van der Waals surface area contributed by atoms with Gasteiger partial charge in [-0.3, -0.25) is 9.59 Å².